The minimum atomic E-state index is 0.569. The Hall–Kier alpha value is 0.140. The van der Waals surface area contributed by atoms with Crippen LogP contribution in [-0.4, -0.2) is 0 Å². The Balaban J connectivity index is 2.30. The van der Waals surface area contributed by atoms with Gasteiger partial charge in [-0.15, -0.1) is 0 Å². The van der Waals surface area contributed by atoms with Gasteiger partial charge in [-0.05, 0) is 0 Å². The minimum absolute atomic E-state index is 0.569. The molecule has 0 atom stereocenters. The molecule has 0 fully saturated rings. The third kappa shape index (κ3) is 2.14. The molecule has 0 rings (SSSR count). The van der Waals surface area contributed by atoms with Crippen molar-refractivity contribution in [1.29, 1.82) is 0 Å². The van der Waals surface area contributed by atoms with Gasteiger partial charge in [0.05, 0.1) is 0 Å². The molecule has 0 unspecified atom stereocenters. The van der Waals surface area contributed by atoms with Crippen molar-refractivity contribution in [2.75, 3.05) is 0 Å². The van der Waals surface area contributed by atoms with Gasteiger partial charge in [0.25, 0.3) is 0 Å². The quantitative estimate of drug-likeness (QED) is 0.472. The Morgan fingerprint density at radius 3 is 2.25 bits per heavy atom. The van der Waals surface area contributed by atoms with Gasteiger partial charge in [0.1, 0.15) is 0 Å². The van der Waals surface area contributed by atoms with E-state index in [9.17, 15) is 0 Å². The first-order chi connectivity index (χ1) is 1.91. The van der Waals surface area contributed by atoms with Gasteiger partial charge >= 0.3 is 35.1 Å². The second-order valence-corrected chi connectivity index (χ2v) is 0.743. The molecule has 0 heterocycles. The van der Waals surface area contributed by atoms with E-state index in [-0.39, 0.29) is 0 Å². The fourth-order valence-electron chi connectivity index (χ4n) is 0. The summed E-state index contributed by atoms with van der Waals surface area (Å²) in [5.41, 5.74) is 0. The van der Waals surface area contributed by atoms with Crippen LogP contribution in [0.2, 0.25) is 0 Å². The number of hydrogen-bond donors (Lipinski definition) is 0. The van der Waals surface area contributed by atoms with E-state index >= 15 is 0 Å². The van der Waals surface area contributed by atoms with Crippen LogP contribution in [0.4, 0.5) is 0 Å². The van der Waals surface area contributed by atoms with E-state index in [4.69, 9.17) is 4.91 Å². The van der Waals surface area contributed by atoms with Crippen molar-refractivity contribution in [1.82, 2.24) is 0 Å². The number of nitrogens with zero attached hydrogens (tertiary/aromatic N) is 1. The Bertz CT molecular complexity index is 20.0. The average molecular weight is 227 g/mol. The molecule has 3 nitrogen and oxygen atoms in total. The Labute approximate surface area is 35.7 Å². The topological polar surface area (TPSA) is 38.7 Å². The second-order valence-electron chi connectivity index (χ2n) is 0.156. The number of hydrogen-bond acceptors (Lipinski definition) is 3. The zero-order valence-electron chi connectivity index (χ0n) is 1.71. The summed E-state index contributed by atoms with van der Waals surface area (Å²) < 4.78 is 3.72. The molecule has 0 spiro atoms. The van der Waals surface area contributed by atoms with Crippen LogP contribution >= 0.6 is 0 Å². The van der Waals surface area contributed by atoms with Gasteiger partial charge in [0.2, 0.25) is 0 Å². The fraction of sp³-hybridized carbons (Fsp3) is 0. The zero-order chi connectivity index (χ0) is 3.41. The molecular formula is NO2Ta. The summed E-state index contributed by atoms with van der Waals surface area (Å²) in [6.07, 6.45) is 0. The van der Waals surface area contributed by atoms with Crippen LogP contribution in [0.25, 0.3) is 0 Å². The van der Waals surface area contributed by atoms with Gasteiger partial charge in [0, 0.05) is 0 Å². The van der Waals surface area contributed by atoms with Gasteiger partial charge < -0.3 is 0 Å². The van der Waals surface area contributed by atoms with Gasteiger partial charge in [-0.25, -0.2) is 0 Å². The second kappa shape index (κ2) is 3.14. The first-order valence-electron chi connectivity index (χ1n) is 0.548. The van der Waals surface area contributed by atoms with E-state index in [1.54, 1.807) is 0 Å². The molecule has 22 valence electrons. The van der Waals surface area contributed by atoms with Crippen molar-refractivity contribution < 1.29 is 24.8 Å². The summed E-state index contributed by atoms with van der Waals surface area (Å²) >= 11 is 0.569. The summed E-state index contributed by atoms with van der Waals surface area (Å²) in [5.74, 6) is 0. The van der Waals surface area contributed by atoms with E-state index in [1.165, 1.54) is 0 Å². The monoisotopic (exact) mass is 227 g/mol. The first kappa shape index (κ1) is 4.14. The molecule has 0 aromatic rings. The number of rotatable bonds is 1. The van der Waals surface area contributed by atoms with Crippen molar-refractivity contribution in [3.05, 3.63) is 4.91 Å². The average Bonchev–Trinajstić information content (AvgIpc) is 1.37. The van der Waals surface area contributed by atoms with Crippen LogP contribution in [-0.2, 0) is 24.8 Å². The van der Waals surface area contributed by atoms with Crippen LogP contribution in [0, 0.1) is 4.91 Å². The first-order valence-corrected chi connectivity index (χ1v) is 1.86. The van der Waals surface area contributed by atoms with Gasteiger partial charge in [-0.2, -0.15) is 0 Å². The van der Waals surface area contributed by atoms with Crippen LogP contribution in [0.15, 0.2) is 5.34 Å². The van der Waals surface area contributed by atoms with Crippen LogP contribution < -0.4 is 0 Å². The maximum absolute atomic E-state index is 8.73. The molecule has 4 heteroatoms. The predicted molar refractivity (Wildman–Crippen MR) is 6.88 cm³/mol. The molecule has 0 aliphatic heterocycles. The Morgan fingerprint density at radius 1 is 2.00 bits per heavy atom. The third-order valence-corrected chi connectivity index (χ3v) is 0.273. The maximum atomic E-state index is 8.73. The van der Waals surface area contributed by atoms with Crippen molar-refractivity contribution in [2.45, 2.75) is 0 Å². The molecule has 4 heavy (non-hydrogen) atoms. The van der Waals surface area contributed by atoms with E-state index in [0.717, 1.165) is 0 Å². The Morgan fingerprint density at radius 2 is 2.25 bits per heavy atom. The molecule has 0 aromatic carbocycles. The van der Waals surface area contributed by atoms with Crippen molar-refractivity contribution in [2.24, 2.45) is 5.34 Å². The molecule has 0 saturated carbocycles. The van der Waals surface area contributed by atoms with Gasteiger partial charge in [-0.1, -0.05) is 0 Å². The third-order valence-electron chi connectivity index (χ3n) is 0.0333. The van der Waals surface area contributed by atoms with E-state index in [2.05, 4.69) is 3.35 Å². The molecule has 0 aliphatic rings. The van der Waals surface area contributed by atoms with Crippen LogP contribution in [0.5, 0.6) is 0 Å². The summed E-state index contributed by atoms with van der Waals surface area (Å²) in [6, 6.07) is 0. The summed E-state index contributed by atoms with van der Waals surface area (Å²) in [5, 5.41) is 2.04. The van der Waals surface area contributed by atoms with Crippen molar-refractivity contribution >= 4 is 0 Å². The molecular weight excluding hydrogens is 227 g/mol. The van der Waals surface area contributed by atoms with Gasteiger partial charge in [-0.3, -0.25) is 0 Å². The Kier molecular flexibility index (Phi) is 3.25. The summed E-state index contributed by atoms with van der Waals surface area (Å²) in [7, 11) is 0. The predicted octanol–water partition coefficient (Wildman–Crippen LogP) is 0.146. The molecule has 0 amide bonds. The molecule has 0 bridgehead atoms. The molecule has 0 radical (unpaired) electrons. The zero-order valence-corrected chi connectivity index (χ0v) is 4.92. The molecule has 0 aromatic heterocycles. The van der Waals surface area contributed by atoms with E-state index < -0.39 is 0 Å². The molecule has 0 N–H and O–H groups in total. The van der Waals surface area contributed by atoms with Crippen molar-refractivity contribution in [3.8, 4) is 0 Å². The van der Waals surface area contributed by atoms with Crippen molar-refractivity contribution in [3.63, 3.8) is 0 Å². The van der Waals surface area contributed by atoms with Gasteiger partial charge in [0.15, 0.2) is 0 Å². The van der Waals surface area contributed by atoms with E-state index in [1.807, 2.05) is 5.34 Å². The normalized spacial score (nSPS) is 5.00. The standard InChI is InChI=1S/HNO2.Ta/c2-1-3;/h(H,2,3);/q;+1/p-1. The van der Waals surface area contributed by atoms with E-state index in [0.29, 0.717) is 21.5 Å². The fourth-order valence-corrected chi connectivity index (χ4v) is 0. The molecule has 0 aliphatic carbocycles. The summed E-state index contributed by atoms with van der Waals surface area (Å²) in [4.78, 5) is 8.73. The SMILES string of the molecule is O=N[O][Ta]. The van der Waals surface area contributed by atoms with Crippen LogP contribution in [0.3, 0.4) is 0 Å². The van der Waals surface area contributed by atoms with Crippen LogP contribution in [0.1, 0.15) is 0 Å². The molecule has 0 saturated heterocycles. The summed E-state index contributed by atoms with van der Waals surface area (Å²) in [6.45, 7) is 0.